The van der Waals surface area contributed by atoms with E-state index in [2.05, 4.69) is 0 Å². The van der Waals surface area contributed by atoms with Crippen molar-refractivity contribution in [2.24, 2.45) is 0 Å². The molecule has 84 valence electrons. The van der Waals surface area contributed by atoms with Crippen molar-refractivity contribution in [3.8, 4) is 0 Å². The van der Waals surface area contributed by atoms with E-state index in [0.717, 1.165) is 0 Å². The Bertz CT molecular complexity index is 514. The number of ketones is 2. The number of Topliss-reactive ketones (excluding diaryl/α,β-unsaturated/α-hetero) is 2. The fraction of sp³-hybridized carbons (Fsp3) is 0.273. The summed E-state index contributed by atoms with van der Waals surface area (Å²) in [6, 6.07) is 6.30. The molecule has 1 aliphatic carbocycles. The molecule has 0 bridgehead atoms. The Morgan fingerprint density at radius 1 is 1.24 bits per heavy atom. The molecule has 2 atom stereocenters. The van der Waals surface area contributed by atoms with Gasteiger partial charge in [-0.3, -0.25) is 13.8 Å². The monoisotopic (exact) mass is 260 g/mol. The molecule has 1 aromatic rings. The molecular weight excluding hydrogens is 251 g/mol. The van der Waals surface area contributed by atoms with Crippen molar-refractivity contribution >= 4 is 22.6 Å². The summed E-state index contributed by atoms with van der Waals surface area (Å²) in [5, 5.41) is 0. The van der Waals surface area contributed by atoms with E-state index in [1.54, 1.807) is 18.2 Å². The van der Waals surface area contributed by atoms with Gasteiger partial charge in [0.05, 0.1) is 0 Å². The first-order valence-corrected chi connectivity index (χ1v) is 5.81. The largest absolute Gasteiger partial charge is 1.00 e. The number of benzene rings is 1. The maximum absolute atomic E-state index is 12.0. The number of rotatable bonds is 1. The van der Waals surface area contributed by atoms with Crippen molar-refractivity contribution in [1.82, 2.24) is 0 Å². The van der Waals surface area contributed by atoms with Gasteiger partial charge < -0.3 is 4.55 Å². The number of carbonyl (C=O) groups excluding carboxylic acids is 2. The van der Waals surface area contributed by atoms with Crippen LogP contribution >= 0.6 is 0 Å². The third-order valence-electron chi connectivity index (χ3n) is 2.82. The molecule has 0 amide bonds. The van der Waals surface area contributed by atoms with Crippen LogP contribution in [0.25, 0.3) is 0 Å². The first-order valence-electron chi connectivity index (χ1n) is 4.73. The van der Waals surface area contributed by atoms with Gasteiger partial charge in [-0.25, -0.2) is 0 Å². The average Bonchev–Trinajstić information content (AvgIpc) is 2.26. The summed E-state index contributed by atoms with van der Waals surface area (Å²) in [5.41, 5.74) is 0.515. The second-order valence-electron chi connectivity index (χ2n) is 3.94. The van der Waals surface area contributed by atoms with Gasteiger partial charge in [0.1, 0.15) is 4.75 Å². The topological polar surface area (TPSA) is 74.3 Å². The minimum Gasteiger partial charge on any atom is -0.772 e. The Balaban J connectivity index is 0.00000144. The molecule has 0 aliphatic heterocycles. The Morgan fingerprint density at radius 3 is 2.29 bits per heavy atom. The fourth-order valence-electron chi connectivity index (χ4n) is 1.83. The molecule has 6 heteroatoms. The van der Waals surface area contributed by atoms with Gasteiger partial charge in [-0.1, -0.05) is 24.3 Å². The van der Waals surface area contributed by atoms with Crippen LogP contribution in [0.5, 0.6) is 0 Å². The molecule has 0 aromatic heterocycles. The third kappa shape index (κ3) is 2.30. The van der Waals surface area contributed by atoms with E-state index >= 15 is 0 Å². The quantitative estimate of drug-likeness (QED) is 0.436. The van der Waals surface area contributed by atoms with Crippen LogP contribution in [0.15, 0.2) is 24.3 Å². The molecule has 0 N–H and O–H groups in total. The molecule has 0 saturated heterocycles. The van der Waals surface area contributed by atoms with E-state index in [9.17, 15) is 18.4 Å². The molecule has 0 saturated carbocycles. The van der Waals surface area contributed by atoms with E-state index in [1.165, 1.54) is 13.0 Å². The van der Waals surface area contributed by atoms with E-state index < -0.39 is 21.6 Å². The first kappa shape index (κ1) is 14.7. The number of carbonyl (C=O) groups is 2. The Hall–Kier alpha value is -0.330. The predicted octanol–water partition coefficient (Wildman–Crippen LogP) is -1.90. The SMILES string of the molecule is CC1(S(=O)[O-])CC(=O)c2ccccc2C1=O.[Na+]. The first-order chi connectivity index (χ1) is 7.47. The van der Waals surface area contributed by atoms with Gasteiger partial charge in [0.15, 0.2) is 11.6 Å². The summed E-state index contributed by atoms with van der Waals surface area (Å²) in [7, 11) is 0. The van der Waals surface area contributed by atoms with Gasteiger partial charge in [-0.2, -0.15) is 0 Å². The van der Waals surface area contributed by atoms with E-state index in [-0.39, 0.29) is 47.3 Å². The Morgan fingerprint density at radius 2 is 1.76 bits per heavy atom. The minimum atomic E-state index is -2.60. The van der Waals surface area contributed by atoms with Crippen LogP contribution < -0.4 is 29.6 Å². The fourth-order valence-corrected chi connectivity index (χ4v) is 2.34. The van der Waals surface area contributed by atoms with Gasteiger partial charge in [-0.05, 0) is 18.0 Å². The average molecular weight is 260 g/mol. The molecule has 2 unspecified atom stereocenters. The standard InChI is InChI=1S/C11H10O4S.Na/c1-11(16(14)15)6-9(12)7-4-2-3-5-8(7)10(11)13;/h2-5H,6H2,1H3,(H,14,15);/q;+1/p-1. The zero-order chi connectivity index (χ0) is 11.9. The molecule has 0 fully saturated rings. The summed E-state index contributed by atoms with van der Waals surface area (Å²) < 4.78 is 20.5. The maximum Gasteiger partial charge on any atom is 1.00 e. The molecule has 0 spiro atoms. The number of hydrogen-bond donors (Lipinski definition) is 0. The van der Waals surface area contributed by atoms with Crippen molar-refractivity contribution in [1.29, 1.82) is 0 Å². The van der Waals surface area contributed by atoms with Gasteiger partial charge in [0.25, 0.3) is 0 Å². The number of fused-ring (bicyclic) bond motifs is 1. The molecule has 17 heavy (non-hydrogen) atoms. The molecular formula is C11H9NaO4S. The maximum atomic E-state index is 12.0. The van der Waals surface area contributed by atoms with Gasteiger partial charge >= 0.3 is 29.6 Å². The van der Waals surface area contributed by atoms with Crippen LogP contribution in [0.4, 0.5) is 0 Å². The summed E-state index contributed by atoms with van der Waals surface area (Å²) in [6.45, 7) is 1.28. The molecule has 1 aromatic carbocycles. The number of hydrogen-bond acceptors (Lipinski definition) is 4. The van der Waals surface area contributed by atoms with Crippen molar-refractivity contribution in [2.75, 3.05) is 0 Å². The Kier molecular flexibility index (Phi) is 4.43. The summed E-state index contributed by atoms with van der Waals surface area (Å²) in [4.78, 5) is 23.7. The smallest absolute Gasteiger partial charge is 0.772 e. The van der Waals surface area contributed by atoms with Crippen LogP contribution in [-0.4, -0.2) is 25.1 Å². The van der Waals surface area contributed by atoms with Gasteiger partial charge in [0.2, 0.25) is 0 Å². The zero-order valence-corrected chi connectivity index (χ0v) is 12.4. The van der Waals surface area contributed by atoms with E-state index in [0.29, 0.717) is 5.56 Å². The Labute approximate surface area is 123 Å². The molecule has 0 radical (unpaired) electrons. The van der Waals surface area contributed by atoms with Crippen LogP contribution in [0.2, 0.25) is 0 Å². The molecule has 4 nitrogen and oxygen atoms in total. The zero-order valence-electron chi connectivity index (χ0n) is 9.56. The van der Waals surface area contributed by atoms with Crippen LogP contribution in [0, 0.1) is 0 Å². The minimum absolute atomic E-state index is 0. The molecule has 2 rings (SSSR count). The van der Waals surface area contributed by atoms with Gasteiger partial charge in [-0.15, -0.1) is 0 Å². The van der Waals surface area contributed by atoms with Crippen LogP contribution in [-0.2, 0) is 11.1 Å². The summed E-state index contributed by atoms with van der Waals surface area (Å²) >= 11 is -2.60. The second kappa shape index (κ2) is 5.12. The van der Waals surface area contributed by atoms with E-state index in [1.807, 2.05) is 0 Å². The van der Waals surface area contributed by atoms with Crippen molar-refractivity contribution in [3.05, 3.63) is 35.4 Å². The van der Waals surface area contributed by atoms with Gasteiger partial charge in [0, 0.05) is 17.5 Å². The normalized spacial score (nSPS) is 24.8. The molecule has 1 aliphatic rings. The summed E-state index contributed by atoms with van der Waals surface area (Å²) in [6.07, 6.45) is -0.279. The predicted molar refractivity (Wildman–Crippen MR) is 57.0 cm³/mol. The third-order valence-corrected chi connectivity index (χ3v) is 3.88. The summed E-state index contributed by atoms with van der Waals surface area (Å²) in [5.74, 6) is -0.807. The van der Waals surface area contributed by atoms with Crippen LogP contribution in [0.1, 0.15) is 34.1 Å². The van der Waals surface area contributed by atoms with Crippen molar-refractivity contribution < 1.29 is 47.9 Å². The van der Waals surface area contributed by atoms with Crippen LogP contribution in [0.3, 0.4) is 0 Å². The molecule has 0 heterocycles. The van der Waals surface area contributed by atoms with E-state index in [4.69, 9.17) is 0 Å². The second-order valence-corrected chi connectivity index (χ2v) is 5.31. The van der Waals surface area contributed by atoms with Crippen molar-refractivity contribution in [3.63, 3.8) is 0 Å². The van der Waals surface area contributed by atoms with Crippen molar-refractivity contribution in [2.45, 2.75) is 18.1 Å².